The average Bonchev–Trinajstić information content (AvgIpc) is 2.51. The fourth-order valence-corrected chi connectivity index (χ4v) is 2.53. The van der Waals surface area contributed by atoms with Gasteiger partial charge in [-0.25, -0.2) is 4.79 Å². The van der Waals surface area contributed by atoms with Crippen LogP contribution in [0.2, 0.25) is 0 Å². The van der Waals surface area contributed by atoms with Gasteiger partial charge in [0.1, 0.15) is 5.75 Å². The molecule has 2 rings (SSSR count). The zero-order valence-corrected chi connectivity index (χ0v) is 12.6. The van der Waals surface area contributed by atoms with Gasteiger partial charge in [-0.15, -0.1) is 0 Å². The Morgan fingerprint density at radius 2 is 1.25 bits per heavy atom. The molecular weight excluding hydrogens is 260 g/mol. The van der Waals surface area contributed by atoms with Crippen molar-refractivity contribution in [3.05, 3.63) is 16.7 Å². The van der Waals surface area contributed by atoms with Crippen LogP contribution in [0, 0.1) is 0 Å². The summed E-state index contributed by atoms with van der Waals surface area (Å²) in [7, 11) is 0. The Labute approximate surface area is 118 Å². The maximum atomic E-state index is 11.5. The van der Waals surface area contributed by atoms with E-state index in [0.29, 0.717) is 11.1 Å². The molecule has 1 heterocycles. The van der Waals surface area contributed by atoms with Crippen molar-refractivity contribution < 1.29 is 24.8 Å². The standard InChI is InChI=1S/C15H20O5/c1-14(2,3)8-10(16)9(15(4,5)6)12-7(13(17)18)11(8)19-20-12/h16H,1-6H3,(H,17,18). The van der Waals surface area contributed by atoms with Crippen LogP contribution < -0.4 is 9.78 Å². The minimum Gasteiger partial charge on any atom is -0.507 e. The number of aromatic carboxylic acids is 1. The van der Waals surface area contributed by atoms with Gasteiger partial charge in [0.25, 0.3) is 0 Å². The molecule has 1 aromatic carbocycles. The largest absolute Gasteiger partial charge is 0.507 e. The maximum Gasteiger partial charge on any atom is 0.343 e. The van der Waals surface area contributed by atoms with Crippen LogP contribution >= 0.6 is 0 Å². The first-order valence-corrected chi connectivity index (χ1v) is 6.48. The smallest absolute Gasteiger partial charge is 0.343 e. The zero-order valence-electron chi connectivity index (χ0n) is 12.6. The van der Waals surface area contributed by atoms with Crippen molar-refractivity contribution in [2.75, 3.05) is 0 Å². The van der Waals surface area contributed by atoms with Gasteiger partial charge in [-0.05, 0) is 10.8 Å². The summed E-state index contributed by atoms with van der Waals surface area (Å²) < 4.78 is 0. The molecule has 0 spiro atoms. The van der Waals surface area contributed by atoms with Crippen LogP contribution in [0.4, 0.5) is 0 Å². The van der Waals surface area contributed by atoms with Crippen LogP contribution in [0.3, 0.4) is 0 Å². The molecule has 110 valence electrons. The summed E-state index contributed by atoms with van der Waals surface area (Å²) in [5.41, 5.74) is -0.0501. The van der Waals surface area contributed by atoms with E-state index in [1.165, 1.54) is 0 Å². The van der Waals surface area contributed by atoms with E-state index in [4.69, 9.17) is 9.78 Å². The zero-order chi connectivity index (χ0) is 15.5. The highest BCUT2D eigenvalue weighted by Gasteiger charge is 2.42. The third-order valence-electron chi connectivity index (χ3n) is 3.30. The van der Waals surface area contributed by atoms with Gasteiger partial charge in [-0.1, -0.05) is 41.5 Å². The molecular formula is C15H20O5. The molecule has 0 aromatic heterocycles. The van der Waals surface area contributed by atoms with Gasteiger partial charge < -0.3 is 10.2 Å². The first-order chi connectivity index (χ1) is 8.96. The second-order valence-electron chi connectivity index (χ2n) is 7.10. The van der Waals surface area contributed by atoms with E-state index in [2.05, 4.69) is 0 Å². The highest BCUT2D eigenvalue weighted by atomic mass is 17.2. The number of carboxylic acid groups (broad SMARTS) is 1. The average molecular weight is 280 g/mol. The SMILES string of the molecule is CC(C)(C)c1c(O)c(C(C)(C)C)c2c(C(=O)O)c1OO2. The number of phenolic OH excluding ortho intramolecular Hbond substituents is 1. The minimum atomic E-state index is -1.12. The van der Waals surface area contributed by atoms with Crippen LogP contribution in [0.5, 0.6) is 17.2 Å². The van der Waals surface area contributed by atoms with Crippen LogP contribution in [0.1, 0.15) is 63.0 Å². The third-order valence-corrected chi connectivity index (χ3v) is 3.30. The molecule has 0 saturated carbocycles. The Morgan fingerprint density at radius 1 is 0.900 bits per heavy atom. The Kier molecular flexibility index (Phi) is 2.93. The highest BCUT2D eigenvalue weighted by molar-refractivity contribution is 5.97. The molecule has 1 aliphatic heterocycles. The van der Waals surface area contributed by atoms with Gasteiger partial charge in [0.2, 0.25) is 11.5 Å². The minimum absolute atomic E-state index is 0.0161. The molecule has 0 radical (unpaired) electrons. The molecule has 2 N–H and O–H groups in total. The van der Waals surface area contributed by atoms with E-state index < -0.39 is 16.8 Å². The molecule has 5 heteroatoms. The van der Waals surface area contributed by atoms with Gasteiger partial charge in [0.15, 0.2) is 5.56 Å². The van der Waals surface area contributed by atoms with Crippen molar-refractivity contribution in [3.8, 4) is 17.2 Å². The maximum absolute atomic E-state index is 11.5. The van der Waals surface area contributed by atoms with Crippen LogP contribution in [-0.2, 0) is 10.8 Å². The van der Waals surface area contributed by atoms with Gasteiger partial charge in [0.05, 0.1) is 0 Å². The fraction of sp³-hybridized carbons (Fsp3) is 0.533. The van der Waals surface area contributed by atoms with E-state index in [1.54, 1.807) is 0 Å². The number of benzene rings is 1. The lowest BCUT2D eigenvalue weighted by molar-refractivity contribution is -0.0869. The molecule has 2 bridgehead atoms. The molecule has 0 amide bonds. The summed E-state index contributed by atoms with van der Waals surface area (Å²) in [6.45, 7) is 11.3. The number of aromatic hydroxyl groups is 1. The highest BCUT2D eigenvalue weighted by Crippen LogP contribution is 2.54. The topological polar surface area (TPSA) is 76.0 Å². The molecule has 0 saturated heterocycles. The molecule has 0 aliphatic carbocycles. The van der Waals surface area contributed by atoms with Gasteiger partial charge in [0, 0.05) is 11.1 Å². The van der Waals surface area contributed by atoms with Crippen molar-refractivity contribution in [2.45, 2.75) is 52.4 Å². The Hall–Kier alpha value is -1.91. The molecule has 1 aromatic rings. The van der Waals surface area contributed by atoms with Crippen molar-refractivity contribution >= 4 is 5.97 Å². The molecule has 1 aliphatic rings. The quantitative estimate of drug-likeness (QED) is 0.771. The third kappa shape index (κ3) is 1.97. The van der Waals surface area contributed by atoms with Crippen LogP contribution in [-0.4, -0.2) is 16.2 Å². The monoisotopic (exact) mass is 280 g/mol. The second kappa shape index (κ2) is 4.04. The van der Waals surface area contributed by atoms with Gasteiger partial charge in [-0.3, -0.25) is 9.78 Å². The van der Waals surface area contributed by atoms with Gasteiger partial charge >= 0.3 is 5.97 Å². The number of fused-ring (bicyclic) bond motifs is 2. The van der Waals surface area contributed by atoms with E-state index in [9.17, 15) is 15.0 Å². The molecule has 20 heavy (non-hydrogen) atoms. The fourth-order valence-electron chi connectivity index (χ4n) is 2.53. The first kappa shape index (κ1) is 14.5. The van der Waals surface area contributed by atoms with E-state index in [0.717, 1.165) is 0 Å². The summed E-state index contributed by atoms with van der Waals surface area (Å²) >= 11 is 0. The number of hydrogen-bond donors (Lipinski definition) is 2. The second-order valence-corrected chi connectivity index (χ2v) is 7.10. The summed E-state index contributed by atoms with van der Waals surface area (Å²) in [6.07, 6.45) is 0. The number of hydrogen-bond acceptors (Lipinski definition) is 4. The van der Waals surface area contributed by atoms with E-state index in [1.807, 2.05) is 41.5 Å². The predicted molar refractivity (Wildman–Crippen MR) is 73.7 cm³/mol. The van der Waals surface area contributed by atoms with Crippen LogP contribution in [0.25, 0.3) is 0 Å². The Bertz CT molecular complexity index is 545. The Balaban J connectivity index is 2.95. The van der Waals surface area contributed by atoms with Gasteiger partial charge in [-0.2, -0.15) is 0 Å². The lowest BCUT2D eigenvalue weighted by Crippen LogP contribution is -2.18. The number of carboxylic acids is 1. The first-order valence-electron chi connectivity index (χ1n) is 6.48. The molecule has 5 nitrogen and oxygen atoms in total. The lowest BCUT2D eigenvalue weighted by Gasteiger charge is -2.26. The van der Waals surface area contributed by atoms with Crippen molar-refractivity contribution in [3.63, 3.8) is 0 Å². The summed E-state index contributed by atoms with van der Waals surface area (Å²) in [6, 6.07) is 0. The summed E-state index contributed by atoms with van der Waals surface area (Å²) in [5.74, 6) is -0.864. The number of rotatable bonds is 1. The molecule has 0 atom stereocenters. The van der Waals surface area contributed by atoms with Crippen molar-refractivity contribution in [2.24, 2.45) is 0 Å². The predicted octanol–water partition coefficient (Wildman–Crippen LogP) is 3.37. The Morgan fingerprint density at radius 3 is 1.50 bits per heavy atom. The van der Waals surface area contributed by atoms with E-state index >= 15 is 0 Å². The summed E-state index contributed by atoms with van der Waals surface area (Å²) in [4.78, 5) is 21.7. The van der Waals surface area contributed by atoms with Crippen LogP contribution in [0.15, 0.2) is 0 Å². The molecule has 0 fully saturated rings. The summed E-state index contributed by atoms with van der Waals surface area (Å²) in [5, 5.41) is 20.0. The van der Waals surface area contributed by atoms with Crippen molar-refractivity contribution in [1.29, 1.82) is 0 Å². The number of carbonyl (C=O) groups is 1. The normalized spacial score (nSPS) is 13.9. The van der Waals surface area contributed by atoms with Crippen molar-refractivity contribution in [1.82, 2.24) is 0 Å². The molecule has 0 unspecified atom stereocenters. The van der Waals surface area contributed by atoms with E-state index in [-0.39, 0.29) is 22.8 Å². The number of phenols is 1. The lowest BCUT2D eigenvalue weighted by atomic mass is 9.77.